The van der Waals surface area contributed by atoms with Crippen molar-refractivity contribution in [2.75, 3.05) is 6.54 Å². The molecule has 2 aromatic rings. The van der Waals surface area contributed by atoms with Gasteiger partial charge in [-0.3, -0.25) is 14.9 Å². The number of nitrogens with zero attached hydrogens (tertiary/aromatic N) is 3. The molecule has 1 fully saturated rings. The van der Waals surface area contributed by atoms with E-state index in [9.17, 15) is 23.2 Å². The number of carbonyl (C=O) groups excluding carboxylic acids is 3. The van der Waals surface area contributed by atoms with E-state index in [4.69, 9.17) is 0 Å². The van der Waals surface area contributed by atoms with Crippen LogP contribution in [0.1, 0.15) is 24.3 Å². The minimum absolute atomic E-state index is 0.128. The fraction of sp³-hybridized carbons (Fsp3) is 0.312. The molecule has 0 bridgehead atoms. The van der Waals surface area contributed by atoms with Crippen LogP contribution in [-0.2, 0) is 4.79 Å². The molecule has 3 N–H and O–H groups in total. The Kier molecular flexibility index (Phi) is 4.60. The maximum Gasteiger partial charge on any atom is 0.322 e. The minimum Gasteiger partial charge on any atom is -0.348 e. The molecule has 27 heavy (non-hydrogen) atoms. The van der Waals surface area contributed by atoms with Gasteiger partial charge in [-0.1, -0.05) is 13.8 Å². The number of hydrogen-bond donors (Lipinski definition) is 3. The molecular weight excluding hydrogens is 362 g/mol. The number of amides is 4. The van der Waals surface area contributed by atoms with Gasteiger partial charge < -0.3 is 10.6 Å². The van der Waals surface area contributed by atoms with Crippen LogP contribution in [0, 0.1) is 17.6 Å². The van der Waals surface area contributed by atoms with Crippen LogP contribution in [0.15, 0.2) is 24.4 Å². The molecule has 142 valence electrons. The number of urea groups is 1. The zero-order valence-corrected chi connectivity index (χ0v) is 14.4. The Hall–Kier alpha value is -3.37. The Labute approximate surface area is 152 Å². The number of nitrogens with one attached hydrogen (secondary N) is 3. The van der Waals surface area contributed by atoms with Crippen LogP contribution >= 0.6 is 0 Å². The molecule has 0 saturated carbocycles. The van der Waals surface area contributed by atoms with E-state index in [2.05, 4.69) is 26.1 Å². The van der Waals surface area contributed by atoms with Crippen molar-refractivity contribution in [1.82, 2.24) is 30.9 Å². The number of aromatic nitrogens is 3. The molecule has 9 nitrogen and oxygen atoms in total. The molecule has 1 aromatic heterocycles. The Bertz CT molecular complexity index is 929. The second-order valence-corrected chi connectivity index (χ2v) is 6.33. The van der Waals surface area contributed by atoms with E-state index in [1.54, 1.807) is 13.8 Å². The van der Waals surface area contributed by atoms with Gasteiger partial charge in [0, 0.05) is 6.07 Å². The molecule has 3 rings (SSSR count). The predicted octanol–water partition coefficient (Wildman–Crippen LogP) is 0.510. The summed E-state index contributed by atoms with van der Waals surface area (Å²) in [6, 6.07) is 2.21. The average Bonchev–Trinajstić information content (AvgIpc) is 3.18. The van der Waals surface area contributed by atoms with Crippen molar-refractivity contribution >= 4 is 17.8 Å². The van der Waals surface area contributed by atoms with Crippen LogP contribution in [0.4, 0.5) is 13.6 Å². The first-order valence-electron chi connectivity index (χ1n) is 8.02. The van der Waals surface area contributed by atoms with Gasteiger partial charge in [-0.25, -0.2) is 13.6 Å². The van der Waals surface area contributed by atoms with Crippen molar-refractivity contribution < 1.29 is 23.2 Å². The van der Waals surface area contributed by atoms with Gasteiger partial charge in [0.1, 0.15) is 17.0 Å². The van der Waals surface area contributed by atoms with E-state index in [0.29, 0.717) is 6.07 Å². The molecule has 0 radical (unpaired) electrons. The van der Waals surface area contributed by atoms with Crippen molar-refractivity contribution in [3.8, 4) is 5.69 Å². The molecule has 0 unspecified atom stereocenters. The maximum atomic E-state index is 13.8. The molecule has 1 aliphatic rings. The fourth-order valence-electron chi connectivity index (χ4n) is 2.68. The van der Waals surface area contributed by atoms with Crippen LogP contribution < -0.4 is 16.0 Å². The number of imide groups is 1. The number of hydrogen-bond acceptors (Lipinski definition) is 5. The smallest absolute Gasteiger partial charge is 0.322 e. The van der Waals surface area contributed by atoms with Crippen LogP contribution in [0.3, 0.4) is 0 Å². The molecule has 0 aliphatic carbocycles. The standard InChI is InChI=1S/C16H16F2N6O3/c1-8(2)16(14(26)21-15(27)22-16)7-19-13(25)11-6-20-24(23-11)12-4-3-9(17)5-10(12)18/h3-6,8H,7H2,1-2H3,(H,19,25)(H2,21,22,26,27)/t16-/m0/s1. The predicted molar refractivity (Wildman–Crippen MR) is 87.9 cm³/mol. The van der Waals surface area contributed by atoms with E-state index >= 15 is 0 Å². The lowest BCUT2D eigenvalue weighted by molar-refractivity contribution is -0.125. The van der Waals surface area contributed by atoms with E-state index in [1.807, 2.05) is 0 Å². The summed E-state index contributed by atoms with van der Waals surface area (Å²) in [7, 11) is 0. The molecular formula is C16H16F2N6O3. The summed E-state index contributed by atoms with van der Waals surface area (Å²) < 4.78 is 26.8. The van der Waals surface area contributed by atoms with Crippen molar-refractivity contribution in [1.29, 1.82) is 0 Å². The lowest BCUT2D eigenvalue weighted by atomic mass is 9.86. The van der Waals surface area contributed by atoms with Gasteiger partial charge >= 0.3 is 6.03 Å². The Morgan fingerprint density at radius 1 is 1.33 bits per heavy atom. The number of benzene rings is 1. The highest BCUT2D eigenvalue weighted by molar-refractivity contribution is 6.07. The van der Waals surface area contributed by atoms with Gasteiger partial charge in [0.15, 0.2) is 11.5 Å². The molecule has 2 heterocycles. The highest BCUT2D eigenvalue weighted by Crippen LogP contribution is 2.20. The summed E-state index contributed by atoms with van der Waals surface area (Å²) in [4.78, 5) is 36.7. The lowest BCUT2D eigenvalue weighted by Gasteiger charge is -2.30. The van der Waals surface area contributed by atoms with Gasteiger partial charge in [0.2, 0.25) is 0 Å². The topological polar surface area (TPSA) is 118 Å². The first kappa shape index (κ1) is 18.4. The first-order chi connectivity index (χ1) is 12.7. The third-order valence-corrected chi connectivity index (χ3v) is 4.33. The third-order valence-electron chi connectivity index (χ3n) is 4.33. The largest absolute Gasteiger partial charge is 0.348 e. The highest BCUT2D eigenvalue weighted by Gasteiger charge is 2.48. The van der Waals surface area contributed by atoms with Crippen molar-refractivity contribution in [3.05, 3.63) is 41.7 Å². The second-order valence-electron chi connectivity index (χ2n) is 6.33. The lowest BCUT2D eigenvalue weighted by Crippen LogP contribution is -2.58. The fourth-order valence-corrected chi connectivity index (χ4v) is 2.68. The van der Waals surface area contributed by atoms with Crippen molar-refractivity contribution in [2.24, 2.45) is 5.92 Å². The molecule has 0 spiro atoms. The van der Waals surface area contributed by atoms with Crippen LogP contribution in [-0.4, -0.2) is 44.9 Å². The Morgan fingerprint density at radius 3 is 2.67 bits per heavy atom. The number of rotatable bonds is 5. The quantitative estimate of drug-likeness (QED) is 0.655. The van der Waals surface area contributed by atoms with Crippen LogP contribution in [0.25, 0.3) is 5.69 Å². The summed E-state index contributed by atoms with van der Waals surface area (Å²) >= 11 is 0. The van der Waals surface area contributed by atoms with Crippen LogP contribution in [0.5, 0.6) is 0 Å². The van der Waals surface area contributed by atoms with Gasteiger partial charge in [0.25, 0.3) is 11.8 Å². The summed E-state index contributed by atoms with van der Waals surface area (Å²) in [5.41, 5.74) is -1.55. The zero-order chi connectivity index (χ0) is 19.8. The summed E-state index contributed by atoms with van der Waals surface area (Å²) in [5, 5.41) is 14.8. The Balaban J connectivity index is 1.75. The summed E-state index contributed by atoms with van der Waals surface area (Å²) in [6.45, 7) is 3.29. The summed E-state index contributed by atoms with van der Waals surface area (Å²) in [6.07, 6.45) is 1.10. The average molecular weight is 378 g/mol. The van der Waals surface area contributed by atoms with E-state index in [1.165, 1.54) is 0 Å². The second kappa shape index (κ2) is 6.74. The third kappa shape index (κ3) is 3.35. The van der Waals surface area contributed by atoms with Gasteiger partial charge in [-0.05, 0) is 18.1 Å². The van der Waals surface area contributed by atoms with Gasteiger partial charge in [-0.2, -0.15) is 5.10 Å². The molecule has 1 aliphatic heterocycles. The Morgan fingerprint density at radius 2 is 2.07 bits per heavy atom. The molecule has 1 aromatic carbocycles. The maximum absolute atomic E-state index is 13.8. The molecule has 1 saturated heterocycles. The van der Waals surface area contributed by atoms with Crippen molar-refractivity contribution in [2.45, 2.75) is 19.4 Å². The van der Waals surface area contributed by atoms with Crippen molar-refractivity contribution in [3.63, 3.8) is 0 Å². The SMILES string of the molecule is CC(C)[C@]1(CNC(=O)c2cnn(-c3ccc(F)cc3F)n2)NC(=O)NC1=O. The van der Waals surface area contributed by atoms with E-state index < -0.39 is 35.0 Å². The van der Waals surface area contributed by atoms with Gasteiger partial charge in [0.05, 0.1) is 12.7 Å². The first-order valence-corrected chi connectivity index (χ1v) is 8.02. The molecule has 11 heteroatoms. The monoisotopic (exact) mass is 378 g/mol. The number of carbonyl (C=O) groups is 3. The zero-order valence-electron chi connectivity index (χ0n) is 14.4. The minimum atomic E-state index is -1.29. The molecule has 4 amide bonds. The van der Waals surface area contributed by atoms with E-state index in [0.717, 1.165) is 23.1 Å². The van der Waals surface area contributed by atoms with Crippen LogP contribution in [0.2, 0.25) is 0 Å². The number of halogens is 2. The highest BCUT2D eigenvalue weighted by atomic mass is 19.1. The molecule has 1 atom stereocenters. The normalized spacial score (nSPS) is 19.1. The van der Waals surface area contributed by atoms with E-state index in [-0.39, 0.29) is 23.8 Å². The summed E-state index contributed by atoms with van der Waals surface area (Å²) in [5.74, 6) is -3.15. The van der Waals surface area contributed by atoms with Gasteiger partial charge in [-0.15, -0.1) is 9.90 Å².